The number of aromatic nitrogens is 1. The standard InChI is InChI=1S/C35H33ClN2O7S/c1-42-30-16-26-24-11-13-31(46-4)29(39)15-27(24)28(12-10-25(26)32(43-2)33(30)44-3)38-34(40)22-8-9-23(37-18-22)19-45-35(41)21-7-5-6-20(14-21)17-36/h5-9,11,13-16,18,28H,10,12,17,19H2,1-4H3,(H,38,40)/t28-/m0/s1. The van der Waals surface area contributed by atoms with Gasteiger partial charge in [-0.3, -0.25) is 14.6 Å². The third-order valence-corrected chi connectivity index (χ3v) is 8.89. The van der Waals surface area contributed by atoms with Gasteiger partial charge in [0, 0.05) is 17.6 Å². The molecule has 46 heavy (non-hydrogen) atoms. The second kappa shape index (κ2) is 14.7. The first-order valence-corrected chi connectivity index (χ1v) is 16.2. The number of nitrogens with zero attached hydrogens (tertiary/aromatic N) is 1. The Kier molecular flexibility index (Phi) is 10.5. The monoisotopic (exact) mass is 660 g/mol. The second-order valence-corrected chi connectivity index (χ2v) is 11.6. The van der Waals surface area contributed by atoms with E-state index in [4.69, 9.17) is 30.5 Å². The van der Waals surface area contributed by atoms with Crippen molar-refractivity contribution in [1.82, 2.24) is 10.3 Å². The normalized spacial score (nSPS) is 13.5. The van der Waals surface area contributed by atoms with Crippen LogP contribution in [0.3, 0.4) is 0 Å². The van der Waals surface area contributed by atoms with Gasteiger partial charge in [-0.1, -0.05) is 18.2 Å². The van der Waals surface area contributed by atoms with Gasteiger partial charge in [-0.25, -0.2) is 4.79 Å². The summed E-state index contributed by atoms with van der Waals surface area (Å²) in [5, 5.41) is 3.12. The lowest BCUT2D eigenvalue weighted by Gasteiger charge is -2.19. The summed E-state index contributed by atoms with van der Waals surface area (Å²) >= 11 is 7.23. The van der Waals surface area contributed by atoms with E-state index in [2.05, 4.69) is 10.3 Å². The predicted molar refractivity (Wildman–Crippen MR) is 177 cm³/mol. The first-order chi connectivity index (χ1) is 22.3. The summed E-state index contributed by atoms with van der Waals surface area (Å²) in [6.45, 7) is -0.0601. The highest BCUT2D eigenvalue weighted by atomic mass is 35.5. The van der Waals surface area contributed by atoms with Crippen LogP contribution in [0.5, 0.6) is 17.2 Å². The minimum absolute atomic E-state index is 0.0601. The van der Waals surface area contributed by atoms with Gasteiger partial charge in [0.15, 0.2) is 16.9 Å². The smallest absolute Gasteiger partial charge is 0.338 e. The lowest BCUT2D eigenvalue weighted by atomic mass is 9.96. The molecule has 238 valence electrons. The first-order valence-electron chi connectivity index (χ1n) is 14.4. The van der Waals surface area contributed by atoms with Gasteiger partial charge in [0.05, 0.1) is 49.1 Å². The number of esters is 1. The molecule has 0 saturated heterocycles. The van der Waals surface area contributed by atoms with Gasteiger partial charge in [0.25, 0.3) is 5.91 Å². The maximum absolute atomic E-state index is 13.5. The van der Waals surface area contributed by atoms with Crippen molar-refractivity contribution in [2.24, 2.45) is 0 Å². The molecule has 11 heteroatoms. The van der Waals surface area contributed by atoms with E-state index in [1.165, 1.54) is 18.0 Å². The van der Waals surface area contributed by atoms with Crippen LogP contribution in [-0.2, 0) is 23.6 Å². The van der Waals surface area contributed by atoms with Gasteiger partial charge in [-0.2, -0.15) is 0 Å². The highest BCUT2D eigenvalue weighted by molar-refractivity contribution is 7.98. The molecule has 1 heterocycles. The van der Waals surface area contributed by atoms with Gasteiger partial charge in [-0.15, -0.1) is 23.4 Å². The Morgan fingerprint density at radius 3 is 2.43 bits per heavy atom. The average Bonchev–Trinajstić information content (AvgIpc) is 3.34. The van der Waals surface area contributed by atoms with Crippen LogP contribution >= 0.6 is 23.4 Å². The van der Waals surface area contributed by atoms with E-state index in [0.717, 1.165) is 22.3 Å². The Balaban J connectivity index is 1.41. The summed E-state index contributed by atoms with van der Waals surface area (Å²) in [7, 11) is 4.69. The molecule has 1 aromatic heterocycles. The quantitative estimate of drug-likeness (QED) is 0.118. The van der Waals surface area contributed by atoms with E-state index in [0.29, 0.717) is 63.2 Å². The molecule has 4 aromatic rings. The molecule has 0 radical (unpaired) electrons. The average molecular weight is 661 g/mol. The van der Waals surface area contributed by atoms with Crippen LogP contribution in [0, 0.1) is 0 Å². The molecule has 1 atom stereocenters. The zero-order chi connectivity index (χ0) is 32.8. The fourth-order valence-electron chi connectivity index (χ4n) is 5.52. The highest BCUT2D eigenvalue weighted by Gasteiger charge is 2.29. The number of amides is 1. The van der Waals surface area contributed by atoms with E-state index in [1.54, 1.807) is 63.8 Å². The Morgan fingerprint density at radius 2 is 1.76 bits per heavy atom. The Labute approximate surface area is 276 Å². The number of carbonyl (C=O) groups is 2. The summed E-state index contributed by atoms with van der Waals surface area (Å²) in [6, 6.07) is 16.9. The molecule has 3 aromatic carbocycles. The molecule has 1 amide bonds. The molecule has 9 nitrogen and oxygen atoms in total. The second-order valence-electron chi connectivity index (χ2n) is 10.5. The van der Waals surface area contributed by atoms with Crippen molar-refractivity contribution in [3.8, 4) is 28.4 Å². The lowest BCUT2D eigenvalue weighted by Crippen LogP contribution is -2.29. The number of rotatable bonds is 10. The number of thioether (sulfide) groups is 1. The minimum atomic E-state index is -0.504. The highest BCUT2D eigenvalue weighted by Crippen LogP contribution is 2.49. The zero-order valence-corrected chi connectivity index (χ0v) is 27.4. The number of hydrogen-bond acceptors (Lipinski definition) is 9. The van der Waals surface area contributed by atoms with E-state index in [1.807, 2.05) is 24.5 Å². The van der Waals surface area contributed by atoms with Crippen molar-refractivity contribution in [2.45, 2.75) is 36.3 Å². The molecule has 0 spiro atoms. The maximum Gasteiger partial charge on any atom is 0.338 e. The van der Waals surface area contributed by atoms with Crippen LogP contribution in [0.15, 0.2) is 76.6 Å². The minimum Gasteiger partial charge on any atom is -0.493 e. The van der Waals surface area contributed by atoms with Gasteiger partial charge >= 0.3 is 5.97 Å². The van der Waals surface area contributed by atoms with Gasteiger partial charge in [0.2, 0.25) is 5.75 Å². The molecule has 0 fully saturated rings. The summed E-state index contributed by atoms with van der Waals surface area (Å²) in [5.41, 5.74) is 5.05. The Morgan fingerprint density at radius 1 is 0.957 bits per heavy atom. The molecule has 5 rings (SSSR count). The van der Waals surface area contributed by atoms with E-state index < -0.39 is 12.0 Å². The molecule has 1 aliphatic rings. The molecule has 1 N–H and O–H groups in total. The van der Waals surface area contributed by atoms with Crippen LogP contribution in [0.25, 0.3) is 11.1 Å². The van der Waals surface area contributed by atoms with Crippen molar-refractivity contribution < 1.29 is 28.5 Å². The predicted octanol–water partition coefficient (Wildman–Crippen LogP) is 6.37. The molecular weight excluding hydrogens is 628 g/mol. The van der Waals surface area contributed by atoms with Crippen LogP contribution in [0.1, 0.15) is 55.6 Å². The van der Waals surface area contributed by atoms with Gasteiger partial charge in [0.1, 0.15) is 6.61 Å². The molecule has 1 aliphatic carbocycles. The third kappa shape index (κ3) is 6.83. The van der Waals surface area contributed by atoms with Gasteiger partial charge < -0.3 is 24.3 Å². The molecule has 0 aliphatic heterocycles. The summed E-state index contributed by atoms with van der Waals surface area (Å²) in [5.74, 6) is 0.946. The number of halogens is 1. The number of ether oxygens (including phenoxy) is 4. The van der Waals surface area contributed by atoms with Crippen LogP contribution in [-0.4, -0.2) is 44.4 Å². The maximum atomic E-state index is 13.5. The number of methoxy groups -OCH3 is 3. The first kappa shape index (κ1) is 32.8. The topological polar surface area (TPSA) is 113 Å². The van der Waals surface area contributed by atoms with Crippen molar-refractivity contribution in [3.63, 3.8) is 0 Å². The number of fused-ring (bicyclic) bond motifs is 3. The van der Waals surface area contributed by atoms with E-state index in [-0.39, 0.29) is 17.9 Å². The summed E-state index contributed by atoms with van der Waals surface area (Å²) < 4.78 is 22.5. The lowest BCUT2D eigenvalue weighted by molar-refractivity contribution is 0.0467. The number of pyridine rings is 1. The fourth-order valence-corrected chi connectivity index (χ4v) is 6.15. The third-order valence-electron chi connectivity index (χ3n) is 7.80. The van der Waals surface area contributed by atoms with Crippen molar-refractivity contribution in [2.75, 3.05) is 27.6 Å². The SMILES string of the molecule is COc1cc2c(c(OC)c1OC)CC[C@H](NC(=O)c1ccc(COC(=O)c3cccc(CCl)c3)nc1)c1cc(=O)c(SC)ccc1-2. The number of alkyl halides is 1. The van der Waals surface area contributed by atoms with Crippen molar-refractivity contribution in [3.05, 3.63) is 111 Å². The van der Waals surface area contributed by atoms with Crippen LogP contribution in [0.4, 0.5) is 0 Å². The number of nitrogens with one attached hydrogen (secondary N) is 1. The molecule has 0 bridgehead atoms. The Bertz CT molecular complexity index is 1830. The molecular formula is C35H33ClN2O7S. The van der Waals surface area contributed by atoms with Crippen molar-refractivity contribution >= 4 is 35.2 Å². The van der Waals surface area contributed by atoms with Gasteiger partial charge in [-0.05, 0) is 83.8 Å². The van der Waals surface area contributed by atoms with Crippen LogP contribution < -0.4 is 25.0 Å². The molecule has 0 saturated carbocycles. The van der Waals surface area contributed by atoms with E-state index >= 15 is 0 Å². The summed E-state index contributed by atoms with van der Waals surface area (Å²) in [4.78, 5) is 44.2. The fraction of sp³-hybridized carbons (Fsp3) is 0.257. The van der Waals surface area contributed by atoms with E-state index in [9.17, 15) is 14.4 Å². The largest absolute Gasteiger partial charge is 0.493 e. The number of benzene rings is 2. The van der Waals surface area contributed by atoms with Crippen molar-refractivity contribution in [1.29, 1.82) is 0 Å². The number of hydrogen-bond donors (Lipinski definition) is 1. The number of carbonyl (C=O) groups excluding carboxylic acids is 2. The summed E-state index contributed by atoms with van der Waals surface area (Å²) in [6.07, 6.45) is 4.31. The zero-order valence-electron chi connectivity index (χ0n) is 25.8. The van der Waals surface area contributed by atoms with Crippen LogP contribution in [0.2, 0.25) is 0 Å². The Hall–Kier alpha value is -4.54. The molecule has 0 unspecified atom stereocenters.